The predicted molar refractivity (Wildman–Crippen MR) is 98.3 cm³/mol. The molecule has 6 nitrogen and oxygen atoms in total. The van der Waals surface area contributed by atoms with Crippen molar-refractivity contribution in [1.29, 1.82) is 5.26 Å². The highest BCUT2D eigenvalue weighted by molar-refractivity contribution is 5.97. The number of nitrogens with one attached hydrogen (secondary N) is 1. The fourth-order valence-corrected chi connectivity index (χ4v) is 2.13. The second kappa shape index (κ2) is 9.40. The Morgan fingerprint density at radius 2 is 2.04 bits per heavy atom. The maximum absolute atomic E-state index is 8.50. The van der Waals surface area contributed by atoms with Gasteiger partial charge in [0.25, 0.3) is 0 Å². The van der Waals surface area contributed by atoms with Crippen LogP contribution in [0.25, 0.3) is 0 Å². The summed E-state index contributed by atoms with van der Waals surface area (Å²) in [7, 11) is 0. The van der Waals surface area contributed by atoms with Crippen LogP contribution in [-0.2, 0) is 6.54 Å². The molecule has 2 rings (SSSR count). The second-order valence-corrected chi connectivity index (χ2v) is 6.09. The van der Waals surface area contributed by atoms with E-state index in [0.29, 0.717) is 23.1 Å². The minimum absolute atomic E-state index is 0.135. The van der Waals surface area contributed by atoms with Gasteiger partial charge in [-0.1, -0.05) is 26.0 Å². The van der Waals surface area contributed by atoms with E-state index in [1.165, 1.54) is 18.2 Å². The van der Waals surface area contributed by atoms with Gasteiger partial charge in [0, 0.05) is 24.4 Å². The lowest BCUT2D eigenvalue weighted by Gasteiger charge is -2.08. The molecule has 1 heterocycles. The van der Waals surface area contributed by atoms with Crippen LogP contribution in [0.3, 0.4) is 0 Å². The van der Waals surface area contributed by atoms with Crippen molar-refractivity contribution in [3.8, 4) is 17.8 Å². The van der Waals surface area contributed by atoms with Crippen molar-refractivity contribution in [2.75, 3.05) is 6.54 Å². The summed E-state index contributed by atoms with van der Waals surface area (Å²) in [5.74, 6) is 2.01. The molecule has 25 heavy (non-hydrogen) atoms. The molecule has 0 saturated heterocycles. The molecule has 1 aromatic heterocycles. The molecule has 0 aliphatic rings. The van der Waals surface area contributed by atoms with E-state index in [1.807, 2.05) is 24.3 Å². The van der Waals surface area contributed by atoms with E-state index < -0.39 is 0 Å². The van der Waals surface area contributed by atoms with E-state index in [9.17, 15) is 0 Å². The molecule has 0 aliphatic carbocycles. The Bertz CT molecular complexity index is 730. The highest BCUT2D eigenvalue weighted by atomic mass is 16.5. The number of aromatic nitrogens is 1. The second-order valence-electron chi connectivity index (χ2n) is 6.09. The fourth-order valence-electron chi connectivity index (χ4n) is 2.13. The van der Waals surface area contributed by atoms with Gasteiger partial charge in [-0.15, -0.1) is 0 Å². The molecule has 0 unspecified atom stereocenters. The minimum atomic E-state index is 0.135. The summed E-state index contributed by atoms with van der Waals surface area (Å²) in [6.07, 6.45) is 4.35. The number of rotatable bonds is 8. The summed E-state index contributed by atoms with van der Waals surface area (Å²) >= 11 is 0. The molecule has 0 fully saturated rings. The van der Waals surface area contributed by atoms with Crippen LogP contribution in [0, 0.1) is 17.4 Å². The Balaban J connectivity index is 1.88. The smallest absolute Gasteiger partial charge is 0.219 e. The molecule has 0 bridgehead atoms. The van der Waals surface area contributed by atoms with E-state index in [-0.39, 0.29) is 5.84 Å². The zero-order chi connectivity index (χ0) is 18.1. The molecule has 0 amide bonds. The van der Waals surface area contributed by atoms with Crippen molar-refractivity contribution >= 4 is 5.84 Å². The van der Waals surface area contributed by atoms with Crippen LogP contribution < -0.4 is 15.8 Å². The van der Waals surface area contributed by atoms with Gasteiger partial charge in [0.1, 0.15) is 11.6 Å². The third-order valence-electron chi connectivity index (χ3n) is 3.58. The van der Waals surface area contributed by atoms with Crippen LogP contribution in [0.1, 0.15) is 31.4 Å². The maximum atomic E-state index is 8.50. The van der Waals surface area contributed by atoms with Gasteiger partial charge in [0.2, 0.25) is 12.1 Å². The number of benzene rings is 1. The SMILES string of the molecule is CC(C)CCNCc1ccc(Oc2ccc(C(N)=NC#N)cn2)cc1. The van der Waals surface area contributed by atoms with E-state index in [1.54, 1.807) is 18.3 Å². The van der Waals surface area contributed by atoms with Crippen molar-refractivity contribution in [3.63, 3.8) is 0 Å². The Morgan fingerprint density at radius 1 is 1.28 bits per heavy atom. The topological polar surface area (TPSA) is 96.3 Å². The van der Waals surface area contributed by atoms with Crippen LogP contribution in [0.2, 0.25) is 0 Å². The molecular formula is C19H23N5O. The van der Waals surface area contributed by atoms with E-state index in [0.717, 1.165) is 13.1 Å². The molecular weight excluding hydrogens is 314 g/mol. The number of ether oxygens (including phenoxy) is 1. The standard InChI is InChI=1S/C19H23N5O/c1-14(2)9-10-22-11-15-3-6-17(7-4-15)25-18-8-5-16(12-23-18)19(21)24-13-20/h3-8,12,14,22H,9-11H2,1-2H3,(H2,21,24). The number of amidine groups is 1. The van der Waals surface area contributed by atoms with Gasteiger partial charge in [-0.2, -0.15) is 10.3 Å². The molecule has 6 heteroatoms. The van der Waals surface area contributed by atoms with Crippen LogP contribution in [0.4, 0.5) is 0 Å². The minimum Gasteiger partial charge on any atom is -0.439 e. The first kappa shape index (κ1) is 18.4. The summed E-state index contributed by atoms with van der Waals surface area (Å²) in [5.41, 5.74) is 7.42. The molecule has 0 atom stereocenters. The number of nitriles is 1. The number of pyridine rings is 1. The first-order chi connectivity index (χ1) is 12.1. The monoisotopic (exact) mass is 337 g/mol. The number of aliphatic imine (C=N–C) groups is 1. The normalized spacial score (nSPS) is 11.4. The summed E-state index contributed by atoms with van der Waals surface area (Å²) < 4.78 is 5.71. The maximum Gasteiger partial charge on any atom is 0.219 e. The Morgan fingerprint density at radius 3 is 2.64 bits per heavy atom. The van der Waals surface area contributed by atoms with Crippen molar-refractivity contribution in [1.82, 2.24) is 10.3 Å². The predicted octanol–water partition coefficient (Wildman–Crippen LogP) is 3.20. The van der Waals surface area contributed by atoms with Crippen LogP contribution >= 0.6 is 0 Å². The highest BCUT2D eigenvalue weighted by Crippen LogP contribution is 2.20. The van der Waals surface area contributed by atoms with Crippen molar-refractivity contribution < 1.29 is 4.74 Å². The van der Waals surface area contributed by atoms with Gasteiger partial charge in [0.05, 0.1) is 0 Å². The zero-order valence-electron chi connectivity index (χ0n) is 14.6. The van der Waals surface area contributed by atoms with Crippen molar-refractivity contribution in [3.05, 3.63) is 53.7 Å². The lowest BCUT2D eigenvalue weighted by molar-refractivity contribution is 0.462. The van der Waals surface area contributed by atoms with Crippen LogP contribution in [0.15, 0.2) is 47.6 Å². The average Bonchev–Trinajstić information content (AvgIpc) is 2.61. The molecule has 2 aromatic rings. The molecule has 3 N–H and O–H groups in total. The van der Waals surface area contributed by atoms with Crippen LogP contribution in [0.5, 0.6) is 11.6 Å². The molecule has 1 aromatic carbocycles. The van der Waals surface area contributed by atoms with Gasteiger partial charge in [-0.25, -0.2) is 4.98 Å². The lowest BCUT2D eigenvalue weighted by Crippen LogP contribution is -2.16. The van der Waals surface area contributed by atoms with Crippen molar-refractivity contribution in [2.45, 2.75) is 26.8 Å². The molecule has 0 spiro atoms. The van der Waals surface area contributed by atoms with Crippen molar-refractivity contribution in [2.24, 2.45) is 16.6 Å². The quantitative estimate of drug-likeness (QED) is 0.334. The molecule has 0 saturated carbocycles. The Hall–Kier alpha value is -2.91. The average molecular weight is 337 g/mol. The van der Waals surface area contributed by atoms with Gasteiger partial charge < -0.3 is 15.8 Å². The van der Waals surface area contributed by atoms with Crippen LogP contribution in [-0.4, -0.2) is 17.4 Å². The van der Waals surface area contributed by atoms with E-state index >= 15 is 0 Å². The van der Waals surface area contributed by atoms with Gasteiger partial charge in [-0.05, 0) is 42.6 Å². The highest BCUT2D eigenvalue weighted by Gasteiger charge is 2.03. The third-order valence-corrected chi connectivity index (χ3v) is 3.58. The van der Waals surface area contributed by atoms with Gasteiger partial charge >= 0.3 is 0 Å². The Kier molecular flexibility index (Phi) is 6.93. The molecule has 0 aliphatic heterocycles. The first-order valence-electron chi connectivity index (χ1n) is 8.24. The summed E-state index contributed by atoms with van der Waals surface area (Å²) in [5, 5.41) is 11.9. The number of hydrogen-bond acceptors (Lipinski definition) is 5. The fraction of sp³-hybridized carbons (Fsp3) is 0.316. The summed E-state index contributed by atoms with van der Waals surface area (Å²) in [6.45, 7) is 6.31. The van der Waals surface area contributed by atoms with E-state index in [2.05, 4.69) is 29.1 Å². The van der Waals surface area contributed by atoms with E-state index in [4.69, 9.17) is 15.7 Å². The third kappa shape index (κ3) is 6.24. The molecule has 0 radical (unpaired) electrons. The number of nitrogens with two attached hydrogens (primary N) is 1. The lowest BCUT2D eigenvalue weighted by atomic mass is 10.1. The largest absolute Gasteiger partial charge is 0.439 e. The molecule has 130 valence electrons. The summed E-state index contributed by atoms with van der Waals surface area (Å²) in [6, 6.07) is 11.3. The van der Waals surface area contributed by atoms with Gasteiger partial charge in [0.15, 0.2) is 0 Å². The van der Waals surface area contributed by atoms with Gasteiger partial charge in [-0.3, -0.25) is 0 Å². The first-order valence-corrected chi connectivity index (χ1v) is 8.24. The number of hydrogen-bond donors (Lipinski definition) is 2. The summed E-state index contributed by atoms with van der Waals surface area (Å²) in [4.78, 5) is 7.64. The number of nitrogens with zero attached hydrogens (tertiary/aromatic N) is 3. The zero-order valence-corrected chi connectivity index (χ0v) is 14.6. The Labute approximate surface area is 148 Å².